The van der Waals surface area contributed by atoms with Gasteiger partial charge in [-0.2, -0.15) is 5.26 Å². The van der Waals surface area contributed by atoms with E-state index in [-0.39, 0.29) is 30.3 Å². The zero-order valence-electron chi connectivity index (χ0n) is 14.6. The van der Waals surface area contributed by atoms with Crippen molar-refractivity contribution in [2.45, 2.75) is 26.4 Å². The van der Waals surface area contributed by atoms with Crippen LogP contribution in [0.2, 0.25) is 0 Å². The Bertz CT molecular complexity index is 830. The number of carbonyl (C=O) groups is 1. The second-order valence-electron chi connectivity index (χ2n) is 5.72. The molecule has 1 atom stereocenters. The molecule has 0 radical (unpaired) electrons. The van der Waals surface area contributed by atoms with Gasteiger partial charge in [-0.3, -0.25) is 14.9 Å². The van der Waals surface area contributed by atoms with Crippen LogP contribution in [0.15, 0.2) is 48.5 Å². The van der Waals surface area contributed by atoms with Crippen molar-refractivity contribution in [2.24, 2.45) is 0 Å². The van der Waals surface area contributed by atoms with E-state index < -0.39 is 11.0 Å². The van der Waals surface area contributed by atoms with E-state index in [9.17, 15) is 14.9 Å². The normalized spacial score (nSPS) is 11.3. The van der Waals surface area contributed by atoms with E-state index in [1.54, 1.807) is 37.3 Å². The third-order valence-electron chi connectivity index (χ3n) is 3.74. The van der Waals surface area contributed by atoms with Crippen LogP contribution < -0.4 is 9.64 Å². The second kappa shape index (κ2) is 8.62. The number of para-hydroxylation sites is 1. The van der Waals surface area contributed by atoms with Crippen molar-refractivity contribution in [3.8, 4) is 11.8 Å². The molecule has 0 saturated heterocycles. The Morgan fingerprint density at radius 3 is 2.62 bits per heavy atom. The van der Waals surface area contributed by atoms with Gasteiger partial charge < -0.3 is 9.64 Å². The molecule has 2 aromatic rings. The van der Waals surface area contributed by atoms with Crippen LogP contribution in [0.25, 0.3) is 0 Å². The highest BCUT2D eigenvalue weighted by atomic mass is 16.6. The Morgan fingerprint density at radius 1 is 1.31 bits per heavy atom. The number of rotatable bonds is 7. The lowest BCUT2D eigenvalue weighted by atomic mass is 10.2. The molecule has 2 aromatic carbocycles. The van der Waals surface area contributed by atoms with Gasteiger partial charge in [0, 0.05) is 18.3 Å². The number of anilines is 1. The first-order chi connectivity index (χ1) is 12.4. The molecule has 7 heteroatoms. The van der Waals surface area contributed by atoms with Crippen molar-refractivity contribution in [3.05, 3.63) is 64.2 Å². The molecule has 0 unspecified atom stereocenters. The average Bonchev–Trinajstić information content (AvgIpc) is 2.64. The number of nitro benzene ring substituents is 1. The molecular weight excluding hydrogens is 334 g/mol. The number of nitrogens with zero attached hydrogens (tertiary/aromatic N) is 3. The Labute approximate surface area is 151 Å². The molecule has 26 heavy (non-hydrogen) atoms. The summed E-state index contributed by atoms with van der Waals surface area (Å²) in [6, 6.07) is 15.5. The predicted molar refractivity (Wildman–Crippen MR) is 96.9 cm³/mol. The number of hydrogen-bond donors (Lipinski definition) is 0. The topological polar surface area (TPSA) is 96.5 Å². The van der Waals surface area contributed by atoms with E-state index in [1.165, 1.54) is 24.0 Å². The van der Waals surface area contributed by atoms with Crippen molar-refractivity contribution in [1.29, 1.82) is 5.26 Å². The van der Waals surface area contributed by atoms with Crippen molar-refractivity contribution in [2.75, 3.05) is 11.4 Å². The van der Waals surface area contributed by atoms with Gasteiger partial charge in [-0.1, -0.05) is 24.3 Å². The minimum Gasteiger partial charge on any atom is -0.474 e. The number of carbonyl (C=O) groups excluding carboxylic acids is 1. The Balaban J connectivity index is 2.24. The van der Waals surface area contributed by atoms with Gasteiger partial charge in [0.15, 0.2) is 11.9 Å². The number of aryl methyl sites for hydroxylation is 1. The SMILES string of the molecule is Cc1ccc(O[C@@H](C)C(=O)N(CCC#N)c2ccccc2)c([N+](=O)[O-])c1. The highest BCUT2D eigenvalue weighted by Gasteiger charge is 2.26. The van der Waals surface area contributed by atoms with Crippen LogP contribution in [-0.2, 0) is 4.79 Å². The molecule has 0 heterocycles. The summed E-state index contributed by atoms with van der Waals surface area (Å²) in [4.78, 5) is 25.0. The largest absolute Gasteiger partial charge is 0.474 e. The molecule has 0 fully saturated rings. The van der Waals surface area contributed by atoms with Crippen LogP contribution in [0.5, 0.6) is 5.75 Å². The number of benzene rings is 2. The Kier molecular flexibility index (Phi) is 6.28. The van der Waals surface area contributed by atoms with E-state index in [0.717, 1.165) is 5.56 Å². The van der Waals surface area contributed by atoms with Gasteiger partial charge in [-0.05, 0) is 37.6 Å². The zero-order chi connectivity index (χ0) is 19.1. The highest BCUT2D eigenvalue weighted by Crippen LogP contribution is 2.29. The first kappa shape index (κ1) is 18.9. The fourth-order valence-corrected chi connectivity index (χ4v) is 2.47. The fraction of sp³-hybridized carbons (Fsp3) is 0.263. The summed E-state index contributed by atoms with van der Waals surface area (Å²) in [5, 5.41) is 20.1. The molecule has 0 aliphatic rings. The van der Waals surface area contributed by atoms with Crippen LogP contribution >= 0.6 is 0 Å². The van der Waals surface area contributed by atoms with Crippen LogP contribution in [0, 0.1) is 28.4 Å². The lowest BCUT2D eigenvalue weighted by Crippen LogP contribution is -2.41. The van der Waals surface area contributed by atoms with Crippen LogP contribution in [0.4, 0.5) is 11.4 Å². The molecule has 1 amide bonds. The van der Waals surface area contributed by atoms with Crippen LogP contribution in [0.1, 0.15) is 18.9 Å². The van der Waals surface area contributed by atoms with Gasteiger partial charge in [0.1, 0.15) is 0 Å². The standard InChI is InChI=1S/C19H19N3O4/c1-14-9-10-18(17(13-14)22(24)25)26-15(2)19(23)21(12-6-11-20)16-7-4-3-5-8-16/h3-5,7-10,13,15H,6,12H2,1-2H3/t15-/m0/s1. The summed E-state index contributed by atoms with van der Waals surface area (Å²) >= 11 is 0. The highest BCUT2D eigenvalue weighted by molar-refractivity contribution is 5.96. The lowest BCUT2D eigenvalue weighted by molar-refractivity contribution is -0.386. The van der Waals surface area contributed by atoms with E-state index in [4.69, 9.17) is 10.00 Å². The Hall–Kier alpha value is -3.40. The van der Waals surface area contributed by atoms with E-state index in [2.05, 4.69) is 0 Å². The summed E-state index contributed by atoms with van der Waals surface area (Å²) in [7, 11) is 0. The number of ether oxygens (including phenoxy) is 1. The molecule has 0 aliphatic heterocycles. The van der Waals surface area contributed by atoms with Crippen molar-refractivity contribution in [1.82, 2.24) is 0 Å². The molecule has 2 rings (SSSR count). The molecule has 7 nitrogen and oxygen atoms in total. The third-order valence-corrected chi connectivity index (χ3v) is 3.74. The molecular formula is C19H19N3O4. The molecule has 134 valence electrons. The first-order valence-corrected chi connectivity index (χ1v) is 8.09. The minimum atomic E-state index is -0.949. The van der Waals surface area contributed by atoms with Gasteiger partial charge in [0.25, 0.3) is 5.91 Å². The maximum atomic E-state index is 12.8. The maximum absolute atomic E-state index is 12.8. The number of nitriles is 1. The fourth-order valence-electron chi connectivity index (χ4n) is 2.47. The number of nitro groups is 1. The summed E-state index contributed by atoms with van der Waals surface area (Å²) < 4.78 is 5.59. The summed E-state index contributed by atoms with van der Waals surface area (Å²) in [5.41, 5.74) is 1.18. The van der Waals surface area contributed by atoms with Crippen LogP contribution in [-0.4, -0.2) is 23.5 Å². The van der Waals surface area contributed by atoms with Crippen LogP contribution in [0.3, 0.4) is 0 Å². The van der Waals surface area contributed by atoms with Crippen molar-refractivity contribution < 1.29 is 14.5 Å². The summed E-state index contributed by atoms with van der Waals surface area (Å²) in [6.07, 6.45) is -0.784. The first-order valence-electron chi connectivity index (χ1n) is 8.09. The number of amides is 1. The Morgan fingerprint density at radius 2 is 2.00 bits per heavy atom. The van der Waals surface area contributed by atoms with Crippen molar-refractivity contribution in [3.63, 3.8) is 0 Å². The quantitative estimate of drug-likeness (QED) is 0.559. The van der Waals surface area contributed by atoms with E-state index in [1.807, 2.05) is 12.1 Å². The van der Waals surface area contributed by atoms with Gasteiger partial charge in [-0.25, -0.2) is 0 Å². The maximum Gasteiger partial charge on any atom is 0.311 e. The smallest absolute Gasteiger partial charge is 0.311 e. The molecule has 0 spiro atoms. The van der Waals surface area contributed by atoms with Gasteiger partial charge in [-0.15, -0.1) is 0 Å². The van der Waals surface area contributed by atoms with Crippen molar-refractivity contribution >= 4 is 17.3 Å². The molecule has 0 aromatic heterocycles. The molecule has 0 saturated carbocycles. The minimum absolute atomic E-state index is 0.0368. The molecule has 0 N–H and O–H groups in total. The molecule has 0 aliphatic carbocycles. The predicted octanol–water partition coefficient (Wildman–Crippen LogP) is 3.62. The van der Waals surface area contributed by atoms with E-state index >= 15 is 0 Å². The average molecular weight is 353 g/mol. The van der Waals surface area contributed by atoms with Gasteiger partial charge in [0.2, 0.25) is 0 Å². The van der Waals surface area contributed by atoms with E-state index in [0.29, 0.717) is 5.69 Å². The monoisotopic (exact) mass is 353 g/mol. The van der Waals surface area contributed by atoms with Gasteiger partial charge >= 0.3 is 5.69 Å². The lowest BCUT2D eigenvalue weighted by Gasteiger charge is -2.25. The zero-order valence-corrected chi connectivity index (χ0v) is 14.6. The number of hydrogen-bond acceptors (Lipinski definition) is 5. The molecule has 0 bridgehead atoms. The van der Waals surface area contributed by atoms with Gasteiger partial charge in [0.05, 0.1) is 17.4 Å². The third kappa shape index (κ3) is 4.57. The summed E-state index contributed by atoms with van der Waals surface area (Å²) in [5.74, 6) is -0.337. The summed E-state index contributed by atoms with van der Waals surface area (Å²) in [6.45, 7) is 3.49. The second-order valence-corrected chi connectivity index (χ2v) is 5.72.